The number of nitrogens with zero attached hydrogens (tertiary/aromatic N) is 3. The van der Waals surface area contributed by atoms with Gasteiger partial charge in [0.1, 0.15) is 0 Å². The molecule has 1 heterocycles. The quantitative estimate of drug-likeness (QED) is 0.555. The van der Waals surface area contributed by atoms with Gasteiger partial charge in [0.25, 0.3) is 0 Å². The smallest absolute Gasteiger partial charge is 0.394 e. The lowest BCUT2D eigenvalue weighted by atomic mass is 10.6. The van der Waals surface area contributed by atoms with Crippen LogP contribution in [0.1, 0.15) is 0 Å². The van der Waals surface area contributed by atoms with Gasteiger partial charge in [0.2, 0.25) is 0 Å². The van der Waals surface area contributed by atoms with Crippen molar-refractivity contribution in [1.29, 1.82) is 0 Å². The van der Waals surface area contributed by atoms with Crippen molar-refractivity contribution < 1.29 is 10.0 Å². The fraction of sp³-hybridized carbons (Fsp3) is 0.400. The molecule has 6 nitrogen and oxygen atoms in total. The molecule has 7 heteroatoms. The summed E-state index contributed by atoms with van der Waals surface area (Å²) < 4.78 is 1.22. The highest BCUT2D eigenvalue weighted by Gasteiger charge is 2.18. The lowest BCUT2D eigenvalue weighted by molar-refractivity contribution is -0.389. The Kier molecular flexibility index (Phi) is 2.61. The van der Waals surface area contributed by atoms with E-state index in [4.69, 9.17) is 16.7 Å². The molecule has 0 saturated carbocycles. The van der Waals surface area contributed by atoms with E-state index >= 15 is 0 Å². The van der Waals surface area contributed by atoms with Gasteiger partial charge < -0.3 is 15.2 Å². The molecule has 1 rings (SSSR count). The normalized spacial score (nSPS) is 10.2. The molecule has 66 valence electrons. The molecule has 0 aliphatic carbocycles. The maximum atomic E-state index is 10.2. The van der Waals surface area contributed by atoms with Gasteiger partial charge in [-0.05, 0) is 4.92 Å². The zero-order chi connectivity index (χ0) is 9.14. The van der Waals surface area contributed by atoms with Crippen LogP contribution in [0, 0.1) is 10.1 Å². The maximum absolute atomic E-state index is 10.2. The van der Waals surface area contributed by atoms with Crippen molar-refractivity contribution in [2.45, 2.75) is 6.54 Å². The highest BCUT2D eigenvalue weighted by molar-refractivity contribution is 6.32. The number of rotatable bonds is 3. The first-order chi connectivity index (χ1) is 5.65. The van der Waals surface area contributed by atoms with Crippen molar-refractivity contribution >= 4 is 17.4 Å². The van der Waals surface area contributed by atoms with Crippen molar-refractivity contribution in [2.75, 3.05) is 6.61 Å². The summed E-state index contributed by atoms with van der Waals surface area (Å²) in [7, 11) is 0. The molecule has 1 aromatic rings. The molecular formula is C5H6ClN3O3. The molecule has 0 spiro atoms. The molecule has 0 bridgehead atoms. The van der Waals surface area contributed by atoms with Crippen LogP contribution in [0.5, 0.6) is 0 Å². The van der Waals surface area contributed by atoms with E-state index in [-0.39, 0.29) is 24.0 Å². The second-order valence-corrected chi connectivity index (χ2v) is 2.45. The van der Waals surface area contributed by atoms with E-state index in [1.165, 1.54) is 10.9 Å². The topological polar surface area (TPSA) is 81.2 Å². The van der Waals surface area contributed by atoms with Gasteiger partial charge >= 0.3 is 5.82 Å². The van der Waals surface area contributed by atoms with Gasteiger partial charge in [0.15, 0.2) is 5.02 Å². The van der Waals surface area contributed by atoms with E-state index in [0.717, 1.165) is 0 Å². The zero-order valence-electron chi connectivity index (χ0n) is 5.97. The van der Waals surface area contributed by atoms with Crippen LogP contribution >= 0.6 is 11.6 Å². The third-order valence-corrected chi connectivity index (χ3v) is 1.47. The van der Waals surface area contributed by atoms with E-state index in [9.17, 15) is 10.1 Å². The number of hydrogen-bond donors (Lipinski definition) is 1. The Bertz CT molecular complexity index is 298. The molecule has 1 N–H and O–H groups in total. The van der Waals surface area contributed by atoms with Crippen molar-refractivity contribution in [3.8, 4) is 0 Å². The first-order valence-corrected chi connectivity index (χ1v) is 3.51. The summed E-state index contributed by atoms with van der Waals surface area (Å²) in [6, 6.07) is 0. The van der Waals surface area contributed by atoms with Gasteiger partial charge in [-0.15, -0.1) is 0 Å². The minimum Gasteiger partial charge on any atom is -0.394 e. The van der Waals surface area contributed by atoms with Crippen LogP contribution in [0.3, 0.4) is 0 Å². The Hall–Kier alpha value is -1.14. The lowest BCUT2D eigenvalue weighted by Gasteiger charge is -1.87. The highest BCUT2D eigenvalue weighted by Crippen LogP contribution is 2.20. The van der Waals surface area contributed by atoms with Gasteiger partial charge in [-0.2, -0.15) is 4.68 Å². The van der Waals surface area contributed by atoms with Crippen LogP contribution in [0.2, 0.25) is 5.02 Å². The Morgan fingerprint density at radius 3 is 2.92 bits per heavy atom. The summed E-state index contributed by atoms with van der Waals surface area (Å²) in [6.07, 6.45) is 1.30. The Balaban J connectivity index is 2.92. The van der Waals surface area contributed by atoms with Crippen molar-refractivity contribution in [3.05, 3.63) is 21.3 Å². The Morgan fingerprint density at radius 2 is 2.50 bits per heavy atom. The lowest BCUT2D eigenvalue weighted by Crippen LogP contribution is -2.02. The molecule has 0 atom stereocenters. The van der Waals surface area contributed by atoms with E-state index in [1.54, 1.807) is 0 Å². The van der Waals surface area contributed by atoms with Crippen molar-refractivity contribution in [2.24, 2.45) is 0 Å². The zero-order valence-corrected chi connectivity index (χ0v) is 6.73. The van der Waals surface area contributed by atoms with Gasteiger partial charge in [-0.25, -0.2) is 0 Å². The Labute approximate surface area is 72.5 Å². The number of aliphatic hydroxyl groups is 1. The number of nitro groups is 1. The van der Waals surface area contributed by atoms with Crippen molar-refractivity contribution in [3.63, 3.8) is 0 Å². The number of halogens is 1. The fourth-order valence-electron chi connectivity index (χ4n) is 0.728. The molecule has 1 aromatic heterocycles. The van der Waals surface area contributed by atoms with Crippen molar-refractivity contribution in [1.82, 2.24) is 9.78 Å². The molecular weight excluding hydrogens is 186 g/mol. The summed E-state index contributed by atoms with van der Waals surface area (Å²) in [4.78, 5) is 9.55. The van der Waals surface area contributed by atoms with Crippen LogP contribution in [-0.2, 0) is 6.54 Å². The SMILES string of the molecule is O=[N+]([O-])c1nn(CCO)cc1Cl. The van der Waals surface area contributed by atoms with Crippen LogP contribution in [0.4, 0.5) is 5.82 Å². The summed E-state index contributed by atoms with van der Waals surface area (Å²) in [6.45, 7) is 0.0721. The summed E-state index contributed by atoms with van der Waals surface area (Å²) in [5.74, 6) is -0.384. The van der Waals surface area contributed by atoms with Crippen LogP contribution in [-0.4, -0.2) is 26.4 Å². The van der Waals surface area contributed by atoms with Gasteiger partial charge in [-0.1, -0.05) is 11.6 Å². The third-order valence-electron chi connectivity index (χ3n) is 1.20. The minimum absolute atomic E-state index is 0.0200. The molecule has 12 heavy (non-hydrogen) atoms. The van der Waals surface area contributed by atoms with Crippen LogP contribution in [0.25, 0.3) is 0 Å². The third kappa shape index (κ3) is 1.72. The van der Waals surface area contributed by atoms with E-state index < -0.39 is 4.92 Å². The highest BCUT2D eigenvalue weighted by atomic mass is 35.5. The van der Waals surface area contributed by atoms with E-state index in [1.807, 2.05) is 0 Å². The Morgan fingerprint density at radius 1 is 1.83 bits per heavy atom. The first kappa shape index (κ1) is 8.95. The second kappa shape index (κ2) is 3.51. The number of hydrogen-bond acceptors (Lipinski definition) is 4. The first-order valence-electron chi connectivity index (χ1n) is 3.13. The maximum Gasteiger partial charge on any atom is 0.408 e. The molecule has 0 fully saturated rings. The van der Waals surface area contributed by atoms with E-state index in [2.05, 4.69) is 5.10 Å². The molecule has 0 aliphatic rings. The number of aliphatic hydroxyl groups excluding tert-OH is 1. The van der Waals surface area contributed by atoms with Gasteiger partial charge in [0.05, 0.1) is 24.4 Å². The average molecular weight is 192 g/mol. The molecule has 0 aliphatic heterocycles. The molecule has 0 unspecified atom stereocenters. The van der Waals surface area contributed by atoms with Gasteiger partial charge in [-0.3, -0.25) is 0 Å². The number of aromatic nitrogens is 2. The standard InChI is InChI=1S/C5H6ClN3O3/c6-4-3-8(1-2-10)7-5(4)9(11)12/h3,10H,1-2H2. The van der Waals surface area contributed by atoms with Crippen LogP contribution in [0.15, 0.2) is 6.20 Å². The largest absolute Gasteiger partial charge is 0.408 e. The monoisotopic (exact) mass is 191 g/mol. The summed E-state index contributed by atoms with van der Waals surface area (Å²) in [5.41, 5.74) is 0. The predicted molar refractivity (Wildman–Crippen MR) is 41.0 cm³/mol. The molecule has 0 radical (unpaired) electrons. The molecule has 0 saturated heterocycles. The molecule has 0 amide bonds. The average Bonchev–Trinajstić information content (AvgIpc) is 2.32. The van der Waals surface area contributed by atoms with E-state index in [0.29, 0.717) is 0 Å². The molecule has 0 aromatic carbocycles. The summed E-state index contributed by atoms with van der Waals surface area (Å²) >= 11 is 5.47. The minimum atomic E-state index is -0.670. The van der Waals surface area contributed by atoms with Crippen LogP contribution < -0.4 is 0 Å². The predicted octanol–water partition coefficient (Wildman–Crippen LogP) is 0.437. The fourth-order valence-corrected chi connectivity index (χ4v) is 0.947. The van der Waals surface area contributed by atoms with Gasteiger partial charge in [0, 0.05) is 0 Å². The summed E-state index contributed by atoms with van der Waals surface area (Å²) in [5, 5.41) is 22.2. The second-order valence-electron chi connectivity index (χ2n) is 2.04.